The Kier molecular flexibility index (Phi) is 3.80. The lowest BCUT2D eigenvalue weighted by Gasteiger charge is -2.26. The maximum Gasteiger partial charge on any atom is 0.0792 e. The van der Waals surface area contributed by atoms with E-state index in [0.717, 1.165) is 24.8 Å². The summed E-state index contributed by atoms with van der Waals surface area (Å²) in [5.74, 6) is 0. The minimum atomic E-state index is -0.240. The Labute approximate surface area is 99.5 Å². The Balaban J connectivity index is 0.00000128. The van der Waals surface area contributed by atoms with Gasteiger partial charge in [-0.3, -0.25) is 0 Å². The van der Waals surface area contributed by atoms with Gasteiger partial charge >= 0.3 is 0 Å². The molecule has 1 aliphatic carbocycles. The third-order valence-corrected chi connectivity index (χ3v) is 3.29. The lowest BCUT2D eigenvalue weighted by molar-refractivity contribution is 0.156. The molecular formula is C15H24O. The summed E-state index contributed by atoms with van der Waals surface area (Å²) < 4.78 is 0. The van der Waals surface area contributed by atoms with Crippen LogP contribution in [-0.4, -0.2) is 5.11 Å². The summed E-state index contributed by atoms with van der Waals surface area (Å²) in [4.78, 5) is 0. The van der Waals surface area contributed by atoms with E-state index in [9.17, 15) is 5.11 Å². The van der Waals surface area contributed by atoms with Gasteiger partial charge in [-0.15, -0.1) is 0 Å². The Hall–Kier alpha value is -0.820. The normalized spacial score (nSPS) is 19.9. The molecule has 16 heavy (non-hydrogen) atoms. The van der Waals surface area contributed by atoms with Crippen LogP contribution in [0.4, 0.5) is 0 Å². The zero-order valence-corrected chi connectivity index (χ0v) is 9.88. The summed E-state index contributed by atoms with van der Waals surface area (Å²) in [6, 6.07) is 6.59. The number of aliphatic hydroxyl groups excluding tert-OH is 1. The number of aliphatic hydroxyl groups is 1. The maximum absolute atomic E-state index is 9.95. The molecule has 1 unspecified atom stereocenters. The molecule has 0 aliphatic heterocycles. The largest absolute Gasteiger partial charge is 0.388 e. The summed E-state index contributed by atoms with van der Waals surface area (Å²) >= 11 is 0. The fourth-order valence-corrected chi connectivity index (χ4v) is 2.24. The average Bonchev–Trinajstić information content (AvgIpc) is 2.16. The molecule has 0 bridgehead atoms. The van der Waals surface area contributed by atoms with Crippen LogP contribution in [-0.2, 0) is 11.8 Å². The van der Waals surface area contributed by atoms with Gasteiger partial charge in [-0.2, -0.15) is 0 Å². The lowest BCUT2D eigenvalue weighted by atomic mass is 9.81. The van der Waals surface area contributed by atoms with Crippen molar-refractivity contribution in [3.63, 3.8) is 0 Å². The fourth-order valence-electron chi connectivity index (χ4n) is 2.24. The zero-order valence-electron chi connectivity index (χ0n) is 9.88. The van der Waals surface area contributed by atoms with E-state index in [2.05, 4.69) is 39.0 Å². The summed E-state index contributed by atoms with van der Waals surface area (Å²) in [6.07, 6.45) is 2.91. The highest BCUT2D eigenvalue weighted by molar-refractivity contribution is 5.37. The van der Waals surface area contributed by atoms with Gasteiger partial charge in [-0.1, -0.05) is 46.4 Å². The zero-order chi connectivity index (χ0) is 11.1. The van der Waals surface area contributed by atoms with Crippen molar-refractivity contribution >= 4 is 0 Å². The van der Waals surface area contributed by atoms with Crippen LogP contribution in [0.3, 0.4) is 0 Å². The average molecular weight is 220 g/mol. The SMILES string of the molecule is C.CC(C)(C)c1ccc2c(c1)C(O)CCC2. The number of hydrogen-bond acceptors (Lipinski definition) is 1. The summed E-state index contributed by atoms with van der Waals surface area (Å²) in [5.41, 5.74) is 3.99. The molecule has 1 N–H and O–H groups in total. The quantitative estimate of drug-likeness (QED) is 0.701. The molecule has 1 aromatic rings. The molecule has 1 atom stereocenters. The Morgan fingerprint density at radius 2 is 1.94 bits per heavy atom. The molecule has 0 aromatic heterocycles. The predicted molar refractivity (Wildman–Crippen MR) is 69.8 cm³/mol. The van der Waals surface area contributed by atoms with Crippen LogP contribution in [0.25, 0.3) is 0 Å². The van der Waals surface area contributed by atoms with Gasteiger partial charge in [0.05, 0.1) is 6.10 Å². The first-order valence-corrected chi connectivity index (χ1v) is 5.80. The van der Waals surface area contributed by atoms with E-state index in [1.807, 2.05) is 0 Å². The molecule has 0 saturated carbocycles. The van der Waals surface area contributed by atoms with Gasteiger partial charge < -0.3 is 5.11 Å². The van der Waals surface area contributed by atoms with Gasteiger partial charge in [0.15, 0.2) is 0 Å². The van der Waals surface area contributed by atoms with E-state index >= 15 is 0 Å². The molecule has 1 aromatic carbocycles. The van der Waals surface area contributed by atoms with Gasteiger partial charge in [0.25, 0.3) is 0 Å². The lowest BCUT2D eigenvalue weighted by Crippen LogP contribution is -2.15. The van der Waals surface area contributed by atoms with Gasteiger partial charge in [0.2, 0.25) is 0 Å². The summed E-state index contributed by atoms with van der Waals surface area (Å²) in [7, 11) is 0. The maximum atomic E-state index is 9.95. The molecular weight excluding hydrogens is 196 g/mol. The number of aryl methyl sites for hydroxylation is 1. The topological polar surface area (TPSA) is 20.2 Å². The second-order valence-electron chi connectivity index (χ2n) is 5.57. The third kappa shape index (κ3) is 2.46. The van der Waals surface area contributed by atoms with Crippen LogP contribution in [0.2, 0.25) is 0 Å². The first kappa shape index (κ1) is 13.2. The fraction of sp³-hybridized carbons (Fsp3) is 0.600. The highest BCUT2D eigenvalue weighted by atomic mass is 16.3. The van der Waals surface area contributed by atoms with Crippen molar-refractivity contribution in [3.05, 3.63) is 34.9 Å². The molecule has 0 heterocycles. The summed E-state index contributed by atoms with van der Waals surface area (Å²) in [6.45, 7) is 6.64. The number of benzene rings is 1. The van der Waals surface area contributed by atoms with E-state index in [4.69, 9.17) is 0 Å². The van der Waals surface area contributed by atoms with Crippen LogP contribution < -0.4 is 0 Å². The minimum absolute atomic E-state index is 0. The van der Waals surface area contributed by atoms with Gasteiger partial charge in [0.1, 0.15) is 0 Å². The molecule has 0 fully saturated rings. The van der Waals surface area contributed by atoms with Crippen molar-refractivity contribution in [2.75, 3.05) is 0 Å². The van der Waals surface area contributed by atoms with Crippen molar-refractivity contribution in [2.45, 2.75) is 59.0 Å². The molecule has 2 rings (SSSR count). The number of hydrogen-bond donors (Lipinski definition) is 1. The van der Waals surface area contributed by atoms with E-state index in [1.165, 1.54) is 11.1 Å². The van der Waals surface area contributed by atoms with Crippen LogP contribution in [0.5, 0.6) is 0 Å². The predicted octanol–water partition coefficient (Wildman–Crippen LogP) is 3.99. The highest BCUT2D eigenvalue weighted by Crippen LogP contribution is 2.33. The van der Waals surface area contributed by atoms with Crippen LogP contribution in [0.15, 0.2) is 18.2 Å². The van der Waals surface area contributed by atoms with Crippen molar-refractivity contribution in [1.82, 2.24) is 0 Å². The van der Waals surface area contributed by atoms with Crippen LogP contribution >= 0.6 is 0 Å². The second-order valence-corrected chi connectivity index (χ2v) is 5.57. The van der Waals surface area contributed by atoms with Crippen molar-refractivity contribution < 1.29 is 5.11 Å². The number of rotatable bonds is 0. The standard InChI is InChI=1S/C14H20O.CH4/c1-14(2,3)11-8-7-10-5-4-6-13(15)12(10)9-11;/h7-9,13,15H,4-6H2,1-3H3;1H4. The smallest absolute Gasteiger partial charge is 0.0792 e. The van der Waals surface area contributed by atoms with Crippen molar-refractivity contribution in [2.24, 2.45) is 0 Å². The molecule has 0 saturated heterocycles. The minimum Gasteiger partial charge on any atom is -0.388 e. The van der Waals surface area contributed by atoms with Gasteiger partial charge in [-0.25, -0.2) is 0 Å². The molecule has 0 radical (unpaired) electrons. The molecule has 0 spiro atoms. The molecule has 1 aliphatic rings. The summed E-state index contributed by atoms with van der Waals surface area (Å²) in [5, 5.41) is 9.95. The van der Waals surface area contributed by atoms with E-state index < -0.39 is 0 Å². The van der Waals surface area contributed by atoms with E-state index in [-0.39, 0.29) is 18.9 Å². The Morgan fingerprint density at radius 1 is 1.25 bits per heavy atom. The van der Waals surface area contributed by atoms with Gasteiger partial charge in [-0.05, 0) is 41.4 Å². The molecule has 0 amide bonds. The van der Waals surface area contributed by atoms with E-state index in [0.29, 0.717) is 0 Å². The molecule has 1 nitrogen and oxygen atoms in total. The molecule has 90 valence electrons. The second kappa shape index (κ2) is 4.58. The first-order valence-electron chi connectivity index (χ1n) is 5.80. The Bertz CT molecular complexity index is 360. The van der Waals surface area contributed by atoms with Crippen LogP contribution in [0.1, 0.15) is 63.8 Å². The van der Waals surface area contributed by atoms with Crippen LogP contribution in [0, 0.1) is 0 Å². The van der Waals surface area contributed by atoms with Gasteiger partial charge in [0, 0.05) is 0 Å². The first-order chi connectivity index (χ1) is 6.98. The highest BCUT2D eigenvalue weighted by Gasteiger charge is 2.21. The molecule has 1 heteroatoms. The number of fused-ring (bicyclic) bond motifs is 1. The Morgan fingerprint density at radius 3 is 2.56 bits per heavy atom. The van der Waals surface area contributed by atoms with Crippen molar-refractivity contribution in [3.8, 4) is 0 Å². The third-order valence-electron chi connectivity index (χ3n) is 3.29. The monoisotopic (exact) mass is 220 g/mol. The van der Waals surface area contributed by atoms with E-state index in [1.54, 1.807) is 0 Å². The van der Waals surface area contributed by atoms with Crippen molar-refractivity contribution in [1.29, 1.82) is 0 Å².